The van der Waals surface area contributed by atoms with Crippen LogP contribution in [0.5, 0.6) is 0 Å². The van der Waals surface area contributed by atoms with Crippen LogP contribution in [-0.2, 0) is 13.6 Å². The number of nitrogens with zero attached hydrogens (tertiary/aromatic N) is 7. The van der Waals surface area contributed by atoms with Crippen molar-refractivity contribution < 1.29 is 4.79 Å². The quantitative estimate of drug-likeness (QED) is 0.434. The van der Waals surface area contributed by atoms with Gasteiger partial charge in [0.05, 0.1) is 12.6 Å². The molecule has 34 heavy (non-hydrogen) atoms. The summed E-state index contributed by atoms with van der Waals surface area (Å²) in [6.45, 7) is 6.57. The number of hydrogen-bond acceptors (Lipinski definition) is 8. The Bertz CT molecular complexity index is 1250. The molecule has 3 heterocycles. The molecule has 0 aliphatic carbocycles. The van der Waals surface area contributed by atoms with Gasteiger partial charge < -0.3 is 15.2 Å². The lowest BCUT2D eigenvalue weighted by molar-refractivity contribution is 0.0897. The topological polar surface area (TPSA) is 123 Å². The van der Waals surface area contributed by atoms with E-state index in [1.54, 1.807) is 36.8 Å². The van der Waals surface area contributed by atoms with Gasteiger partial charge in [0.1, 0.15) is 12.0 Å². The summed E-state index contributed by atoms with van der Waals surface area (Å²) in [6, 6.07) is 10.5. The zero-order valence-corrected chi connectivity index (χ0v) is 19.6. The van der Waals surface area contributed by atoms with Crippen molar-refractivity contribution >= 4 is 11.6 Å². The van der Waals surface area contributed by atoms with Crippen LogP contribution in [0.4, 0.5) is 5.69 Å². The fourth-order valence-electron chi connectivity index (χ4n) is 3.46. The maximum absolute atomic E-state index is 13.1. The van der Waals surface area contributed by atoms with Crippen LogP contribution in [0.3, 0.4) is 0 Å². The third-order valence-electron chi connectivity index (χ3n) is 5.34. The van der Waals surface area contributed by atoms with Crippen molar-refractivity contribution in [3.63, 3.8) is 0 Å². The molecule has 10 heteroatoms. The van der Waals surface area contributed by atoms with Gasteiger partial charge in [0, 0.05) is 36.9 Å². The van der Waals surface area contributed by atoms with Crippen LogP contribution in [-0.4, -0.2) is 40.6 Å². The van der Waals surface area contributed by atoms with Crippen molar-refractivity contribution in [2.24, 2.45) is 12.5 Å². The highest BCUT2D eigenvalue weighted by molar-refractivity contribution is 5.95. The third-order valence-corrected chi connectivity index (χ3v) is 5.34. The molecule has 0 aliphatic heterocycles. The van der Waals surface area contributed by atoms with Crippen LogP contribution in [0.15, 0.2) is 61.3 Å². The molecule has 0 bridgehead atoms. The number of rotatable bonds is 7. The Labute approximate surface area is 197 Å². The number of aromatic nitrogens is 7. The summed E-state index contributed by atoms with van der Waals surface area (Å²) in [6.07, 6.45) is 6.51. The Morgan fingerprint density at radius 1 is 1.03 bits per heavy atom. The highest BCUT2D eigenvalue weighted by atomic mass is 16.1. The molecule has 1 amide bonds. The Balaban J connectivity index is 1.46. The first-order valence-electron chi connectivity index (χ1n) is 10.9. The normalized spacial score (nSPS) is 12.2. The van der Waals surface area contributed by atoms with Crippen molar-refractivity contribution in [3.8, 4) is 11.5 Å². The Morgan fingerprint density at radius 3 is 2.53 bits per heavy atom. The molecule has 1 unspecified atom stereocenters. The van der Waals surface area contributed by atoms with Gasteiger partial charge in [0.2, 0.25) is 0 Å². The molecule has 2 N–H and O–H groups in total. The van der Waals surface area contributed by atoms with Gasteiger partial charge in [-0.05, 0) is 35.7 Å². The lowest BCUT2D eigenvalue weighted by Gasteiger charge is -2.30. The van der Waals surface area contributed by atoms with Gasteiger partial charge in [-0.3, -0.25) is 4.79 Å². The van der Waals surface area contributed by atoms with Crippen LogP contribution in [0, 0.1) is 5.41 Å². The van der Waals surface area contributed by atoms with Crippen molar-refractivity contribution in [1.82, 2.24) is 40.0 Å². The van der Waals surface area contributed by atoms with E-state index in [-0.39, 0.29) is 17.4 Å². The van der Waals surface area contributed by atoms with E-state index in [1.165, 1.54) is 6.33 Å². The van der Waals surface area contributed by atoms with E-state index in [1.807, 2.05) is 50.6 Å². The van der Waals surface area contributed by atoms with E-state index in [0.717, 1.165) is 11.5 Å². The van der Waals surface area contributed by atoms with E-state index in [0.29, 0.717) is 29.5 Å². The molecule has 10 nitrogen and oxygen atoms in total. The van der Waals surface area contributed by atoms with Crippen molar-refractivity contribution in [2.45, 2.75) is 33.4 Å². The number of anilines is 1. The first-order valence-corrected chi connectivity index (χ1v) is 10.9. The predicted molar refractivity (Wildman–Crippen MR) is 127 cm³/mol. The Kier molecular flexibility index (Phi) is 6.58. The maximum atomic E-state index is 13.1. The van der Waals surface area contributed by atoms with Gasteiger partial charge in [-0.1, -0.05) is 26.8 Å². The standard InChI is InChI=1S/C24H27N9O/c1-24(2,3)20(21-26-10-6-11-27-21)30-23(34)16-7-5-8-17(13-16)28-14-19-31-32-22(33(19)4)18-9-12-25-15-29-18/h5-13,15,20,28H,14H2,1-4H3,(H,30,34). The fraction of sp³-hybridized carbons (Fsp3) is 0.292. The van der Waals surface area contributed by atoms with Crippen molar-refractivity contribution in [1.29, 1.82) is 0 Å². The molecule has 0 fully saturated rings. The van der Waals surface area contributed by atoms with E-state index in [4.69, 9.17) is 0 Å². The average molecular weight is 458 g/mol. The summed E-state index contributed by atoms with van der Waals surface area (Å²) in [7, 11) is 1.89. The second-order valence-electron chi connectivity index (χ2n) is 8.91. The number of benzene rings is 1. The number of hydrogen-bond donors (Lipinski definition) is 2. The van der Waals surface area contributed by atoms with Gasteiger partial charge in [0.15, 0.2) is 17.5 Å². The SMILES string of the molecule is Cn1c(CNc2cccc(C(=O)NC(c3ncccn3)C(C)(C)C)c2)nnc1-c1ccncn1. The highest BCUT2D eigenvalue weighted by Gasteiger charge is 2.30. The third kappa shape index (κ3) is 5.22. The maximum Gasteiger partial charge on any atom is 0.251 e. The van der Waals surface area contributed by atoms with Crippen LogP contribution in [0.2, 0.25) is 0 Å². The first kappa shape index (κ1) is 23.0. The summed E-state index contributed by atoms with van der Waals surface area (Å²) < 4.78 is 1.87. The van der Waals surface area contributed by atoms with Gasteiger partial charge in [-0.2, -0.15) is 0 Å². The zero-order chi connectivity index (χ0) is 24.1. The molecule has 0 saturated heterocycles. The van der Waals surface area contributed by atoms with Gasteiger partial charge in [-0.15, -0.1) is 10.2 Å². The Hall–Kier alpha value is -4.21. The molecule has 1 aromatic carbocycles. The molecule has 4 rings (SSSR count). The smallest absolute Gasteiger partial charge is 0.251 e. The molecule has 4 aromatic rings. The van der Waals surface area contributed by atoms with Crippen molar-refractivity contribution in [2.75, 3.05) is 5.32 Å². The number of carbonyl (C=O) groups is 1. The summed E-state index contributed by atoms with van der Waals surface area (Å²) in [5, 5.41) is 14.9. The van der Waals surface area contributed by atoms with Crippen LogP contribution in [0.1, 0.15) is 48.8 Å². The number of amides is 1. The lowest BCUT2D eigenvalue weighted by atomic mass is 9.86. The summed E-state index contributed by atoms with van der Waals surface area (Å²) >= 11 is 0. The average Bonchev–Trinajstić information content (AvgIpc) is 3.21. The summed E-state index contributed by atoms with van der Waals surface area (Å²) in [5.74, 6) is 1.78. The molecule has 3 aromatic heterocycles. The largest absolute Gasteiger partial charge is 0.378 e. The van der Waals surface area contributed by atoms with Crippen LogP contribution < -0.4 is 10.6 Å². The molecular weight excluding hydrogens is 430 g/mol. The van der Waals surface area contributed by atoms with Gasteiger partial charge in [0.25, 0.3) is 5.91 Å². The first-order chi connectivity index (χ1) is 16.3. The fourth-order valence-corrected chi connectivity index (χ4v) is 3.46. The van der Waals surface area contributed by atoms with Crippen LogP contribution in [0.25, 0.3) is 11.5 Å². The van der Waals surface area contributed by atoms with Crippen LogP contribution >= 0.6 is 0 Å². The second kappa shape index (κ2) is 9.74. The molecule has 0 spiro atoms. The second-order valence-corrected chi connectivity index (χ2v) is 8.91. The Morgan fingerprint density at radius 2 is 1.82 bits per heavy atom. The zero-order valence-electron chi connectivity index (χ0n) is 19.6. The van der Waals surface area contributed by atoms with Gasteiger partial charge >= 0.3 is 0 Å². The predicted octanol–water partition coefficient (Wildman–Crippen LogP) is 3.19. The molecule has 1 atom stereocenters. The van der Waals surface area contributed by atoms with E-state index < -0.39 is 0 Å². The molecule has 174 valence electrons. The summed E-state index contributed by atoms with van der Waals surface area (Å²) in [5.41, 5.74) is 1.77. The highest BCUT2D eigenvalue weighted by Crippen LogP contribution is 2.31. The van der Waals surface area contributed by atoms with E-state index in [9.17, 15) is 4.79 Å². The molecule has 0 radical (unpaired) electrons. The van der Waals surface area contributed by atoms with E-state index in [2.05, 4.69) is 40.8 Å². The number of nitrogens with one attached hydrogen (secondary N) is 2. The molecular formula is C24H27N9O. The molecule has 0 aliphatic rings. The minimum atomic E-state index is -0.336. The van der Waals surface area contributed by atoms with E-state index >= 15 is 0 Å². The van der Waals surface area contributed by atoms with Gasteiger partial charge in [-0.25, -0.2) is 19.9 Å². The minimum Gasteiger partial charge on any atom is -0.378 e. The molecule has 0 saturated carbocycles. The monoisotopic (exact) mass is 457 g/mol. The summed E-state index contributed by atoms with van der Waals surface area (Å²) in [4.78, 5) is 29.9. The van der Waals surface area contributed by atoms with Crippen molar-refractivity contribution in [3.05, 3.63) is 78.5 Å². The minimum absolute atomic E-state index is 0.194. The number of carbonyl (C=O) groups excluding carboxylic acids is 1. The lowest BCUT2D eigenvalue weighted by Crippen LogP contribution is -2.37.